The molecule has 6 nitrogen and oxygen atoms in total. The minimum atomic E-state index is -4.59. The van der Waals surface area contributed by atoms with Gasteiger partial charge in [-0.2, -0.15) is 13.2 Å². The average molecular weight is 454 g/mol. The van der Waals surface area contributed by atoms with Gasteiger partial charge in [0.2, 0.25) is 0 Å². The Hall–Kier alpha value is -2.92. The number of aliphatic carboxylic acids is 1. The highest BCUT2D eigenvalue weighted by Crippen LogP contribution is 2.34. The van der Waals surface area contributed by atoms with Crippen molar-refractivity contribution in [2.45, 2.75) is 23.9 Å². The molecule has 4 aromatic rings. The number of hydrogen-bond acceptors (Lipinski definition) is 5. The van der Waals surface area contributed by atoms with E-state index < -0.39 is 27.7 Å². The van der Waals surface area contributed by atoms with Crippen LogP contribution in [0, 0.1) is 0 Å². The highest BCUT2D eigenvalue weighted by Gasteiger charge is 2.32. The lowest BCUT2D eigenvalue weighted by Gasteiger charge is -2.12. The molecule has 0 bridgehead atoms. The first-order valence-corrected chi connectivity index (χ1v) is 10.9. The van der Waals surface area contributed by atoms with E-state index >= 15 is 0 Å². The van der Waals surface area contributed by atoms with Crippen molar-refractivity contribution in [1.82, 2.24) is 8.96 Å². The molecule has 0 aliphatic carbocycles. The normalized spacial score (nSPS) is 12.6. The number of hydrogen-bond donors (Lipinski definition) is 1. The summed E-state index contributed by atoms with van der Waals surface area (Å²) in [5.41, 5.74) is 1.42. The molecule has 2 aromatic carbocycles. The Kier molecular flexibility index (Phi) is 4.82. The van der Waals surface area contributed by atoms with Crippen LogP contribution in [-0.2, 0) is 27.4 Å². The van der Waals surface area contributed by atoms with Crippen LogP contribution in [-0.4, -0.2) is 28.5 Å². The third kappa shape index (κ3) is 3.54. The minimum Gasteiger partial charge on any atom is -0.481 e. The summed E-state index contributed by atoms with van der Waals surface area (Å²) >= 11 is 1.25. The predicted molar refractivity (Wildman–Crippen MR) is 105 cm³/mol. The van der Waals surface area contributed by atoms with Crippen LogP contribution in [0.5, 0.6) is 0 Å². The standard InChI is InChI=1S/C19H13F3N2O4S2/c20-19(21,22)12-1-5-16-11(7-12)8-13(2-6-18(25)26)24(16)30(27,28)14-3-4-15-17(9-14)29-10-23-15/h1,3-5,7-10H,2,6H2,(H,25,26). The van der Waals surface area contributed by atoms with E-state index in [1.165, 1.54) is 29.5 Å². The van der Waals surface area contributed by atoms with Gasteiger partial charge < -0.3 is 5.11 Å². The average Bonchev–Trinajstić information content (AvgIpc) is 3.28. The van der Waals surface area contributed by atoms with Crippen LogP contribution < -0.4 is 0 Å². The van der Waals surface area contributed by atoms with Gasteiger partial charge in [0.05, 0.1) is 38.1 Å². The summed E-state index contributed by atoms with van der Waals surface area (Å²) in [6.45, 7) is 0. The molecule has 0 unspecified atom stereocenters. The number of fused-ring (bicyclic) bond motifs is 2. The highest BCUT2D eigenvalue weighted by atomic mass is 32.2. The lowest BCUT2D eigenvalue weighted by molar-refractivity contribution is -0.138. The summed E-state index contributed by atoms with van der Waals surface area (Å²) in [5, 5.41) is 9.06. The van der Waals surface area contributed by atoms with E-state index in [1.807, 2.05) is 0 Å². The Morgan fingerprint density at radius 1 is 1.13 bits per heavy atom. The second-order valence-corrected chi connectivity index (χ2v) is 9.23. The molecule has 156 valence electrons. The fourth-order valence-corrected chi connectivity index (χ4v) is 5.60. The van der Waals surface area contributed by atoms with Crippen molar-refractivity contribution in [1.29, 1.82) is 0 Å². The molecule has 0 aliphatic rings. The molecule has 2 heterocycles. The first-order valence-electron chi connectivity index (χ1n) is 8.59. The number of benzene rings is 2. The Balaban J connectivity index is 1.93. The number of carbonyl (C=O) groups is 1. The van der Waals surface area contributed by atoms with Gasteiger partial charge >= 0.3 is 12.1 Å². The fraction of sp³-hybridized carbons (Fsp3) is 0.158. The maximum absolute atomic E-state index is 13.4. The molecule has 11 heteroatoms. The van der Waals surface area contributed by atoms with Crippen molar-refractivity contribution in [3.8, 4) is 0 Å². The zero-order chi connectivity index (χ0) is 21.7. The zero-order valence-electron chi connectivity index (χ0n) is 15.0. The fourth-order valence-electron chi connectivity index (χ4n) is 3.22. The highest BCUT2D eigenvalue weighted by molar-refractivity contribution is 7.90. The minimum absolute atomic E-state index is 0.0489. The second kappa shape index (κ2) is 7.10. The van der Waals surface area contributed by atoms with E-state index in [1.54, 1.807) is 11.6 Å². The molecular weight excluding hydrogens is 441 g/mol. The van der Waals surface area contributed by atoms with Crippen molar-refractivity contribution in [3.63, 3.8) is 0 Å². The number of aryl methyl sites for hydroxylation is 1. The number of rotatable bonds is 5. The number of halogens is 3. The Bertz CT molecular complexity index is 1390. The van der Waals surface area contributed by atoms with Gasteiger partial charge in [-0.3, -0.25) is 4.79 Å². The number of alkyl halides is 3. The molecular formula is C19H13F3N2O4S2. The summed E-state index contributed by atoms with van der Waals surface area (Å²) in [4.78, 5) is 15.0. The van der Waals surface area contributed by atoms with E-state index in [0.29, 0.717) is 10.2 Å². The van der Waals surface area contributed by atoms with Crippen LogP contribution in [0.25, 0.3) is 21.1 Å². The van der Waals surface area contributed by atoms with Gasteiger partial charge in [0, 0.05) is 11.1 Å². The molecule has 0 aliphatic heterocycles. The SMILES string of the molecule is O=C(O)CCc1cc2cc(C(F)(F)F)ccc2n1S(=O)(=O)c1ccc2ncsc2c1. The van der Waals surface area contributed by atoms with Crippen molar-refractivity contribution < 1.29 is 31.5 Å². The summed E-state index contributed by atoms with van der Waals surface area (Å²) in [7, 11) is -4.20. The summed E-state index contributed by atoms with van der Waals surface area (Å²) in [5.74, 6) is -1.15. The van der Waals surface area contributed by atoms with E-state index in [9.17, 15) is 26.4 Å². The van der Waals surface area contributed by atoms with E-state index in [4.69, 9.17) is 5.11 Å². The summed E-state index contributed by atoms with van der Waals surface area (Å²) in [6, 6.07) is 8.40. The molecule has 0 amide bonds. The molecule has 2 aromatic heterocycles. The van der Waals surface area contributed by atoms with Crippen LogP contribution >= 0.6 is 11.3 Å². The van der Waals surface area contributed by atoms with Crippen molar-refractivity contribution in [3.05, 3.63) is 59.2 Å². The summed E-state index contributed by atoms with van der Waals surface area (Å²) < 4.78 is 67.6. The molecule has 0 atom stereocenters. The maximum atomic E-state index is 13.4. The topological polar surface area (TPSA) is 89.3 Å². The van der Waals surface area contributed by atoms with Gasteiger partial charge in [0.1, 0.15) is 0 Å². The van der Waals surface area contributed by atoms with Crippen molar-refractivity contribution in [2.75, 3.05) is 0 Å². The Morgan fingerprint density at radius 2 is 1.90 bits per heavy atom. The smallest absolute Gasteiger partial charge is 0.416 e. The molecule has 0 fully saturated rings. The number of aromatic nitrogens is 2. The van der Waals surface area contributed by atoms with Crippen LogP contribution in [0.2, 0.25) is 0 Å². The van der Waals surface area contributed by atoms with Gasteiger partial charge in [0.25, 0.3) is 10.0 Å². The zero-order valence-corrected chi connectivity index (χ0v) is 16.7. The molecule has 0 radical (unpaired) electrons. The van der Waals surface area contributed by atoms with Gasteiger partial charge in [-0.25, -0.2) is 17.4 Å². The second-order valence-electron chi connectivity index (χ2n) is 6.55. The Morgan fingerprint density at radius 3 is 2.60 bits per heavy atom. The quantitative estimate of drug-likeness (QED) is 0.479. The van der Waals surface area contributed by atoms with Crippen LogP contribution in [0.15, 0.2) is 52.9 Å². The number of carboxylic acid groups (broad SMARTS) is 1. The lowest BCUT2D eigenvalue weighted by atomic mass is 10.1. The maximum Gasteiger partial charge on any atom is 0.416 e. The van der Waals surface area contributed by atoms with Gasteiger partial charge in [-0.1, -0.05) is 0 Å². The predicted octanol–water partition coefficient (Wildman–Crippen LogP) is 4.52. The van der Waals surface area contributed by atoms with E-state index in [-0.39, 0.29) is 34.3 Å². The molecule has 0 spiro atoms. The van der Waals surface area contributed by atoms with Gasteiger partial charge in [-0.15, -0.1) is 11.3 Å². The van der Waals surface area contributed by atoms with E-state index in [0.717, 1.165) is 22.2 Å². The van der Waals surface area contributed by atoms with Gasteiger partial charge in [-0.05, 0) is 48.9 Å². The lowest BCUT2D eigenvalue weighted by Crippen LogP contribution is -2.16. The Labute approximate surface area is 172 Å². The molecule has 1 N–H and O–H groups in total. The van der Waals surface area contributed by atoms with E-state index in [2.05, 4.69) is 4.98 Å². The van der Waals surface area contributed by atoms with Crippen molar-refractivity contribution in [2.24, 2.45) is 0 Å². The first-order chi connectivity index (χ1) is 14.1. The van der Waals surface area contributed by atoms with Crippen molar-refractivity contribution >= 4 is 48.4 Å². The third-order valence-corrected chi connectivity index (χ3v) is 7.15. The number of thiazole rings is 1. The summed E-state index contributed by atoms with van der Waals surface area (Å²) in [6.07, 6.45) is -5.12. The van der Waals surface area contributed by atoms with Crippen LogP contribution in [0.3, 0.4) is 0 Å². The largest absolute Gasteiger partial charge is 0.481 e. The number of carboxylic acids is 1. The van der Waals surface area contributed by atoms with Crippen LogP contribution in [0.1, 0.15) is 17.7 Å². The molecule has 0 saturated carbocycles. The van der Waals surface area contributed by atoms with Crippen LogP contribution in [0.4, 0.5) is 13.2 Å². The molecule has 30 heavy (non-hydrogen) atoms. The third-order valence-electron chi connectivity index (χ3n) is 4.59. The first kappa shape index (κ1) is 20.4. The van der Waals surface area contributed by atoms with Gasteiger partial charge in [0.15, 0.2) is 0 Å². The number of nitrogens with zero attached hydrogens (tertiary/aromatic N) is 2. The monoisotopic (exact) mass is 454 g/mol. The molecule has 0 saturated heterocycles. The molecule has 4 rings (SSSR count).